The van der Waals surface area contributed by atoms with E-state index in [4.69, 9.17) is 0 Å². The van der Waals surface area contributed by atoms with Crippen LogP contribution in [-0.4, -0.2) is 29.3 Å². The minimum atomic E-state index is -1.23. The van der Waals surface area contributed by atoms with Gasteiger partial charge in [0.25, 0.3) is 5.91 Å². The summed E-state index contributed by atoms with van der Waals surface area (Å²) in [5.74, 6) is -3.41. The number of hydrogen-bond donors (Lipinski definition) is 2. The van der Waals surface area contributed by atoms with E-state index in [0.717, 1.165) is 17.0 Å². The zero-order valence-corrected chi connectivity index (χ0v) is 13.8. The van der Waals surface area contributed by atoms with Gasteiger partial charge in [0.15, 0.2) is 17.2 Å². The Labute approximate surface area is 145 Å². The highest BCUT2D eigenvalue weighted by atomic mass is 32.1. The van der Waals surface area contributed by atoms with Crippen molar-refractivity contribution in [2.75, 3.05) is 11.9 Å². The molecule has 1 saturated heterocycles. The summed E-state index contributed by atoms with van der Waals surface area (Å²) in [5.41, 5.74) is -1.20. The summed E-state index contributed by atoms with van der Waals surface area (Å²) in [4.78, 5) is 38.2. The van der Waals surface area contributed by atoms with Crippen LogP contribution >= 0.6 is 11.3 Å². The van der Waals surface area contributed by atoms with Gasteiger partial charge < -0.3 is 10.6 Å². The topological polar surface area (TPSA) is 78.5 Å². The van der Waals surface area contributed by atoms with Crippen molar-refractivity contribution in [2.45, 2.75) is 12.5 Å². The first-order valence-electron chi connectivity index (χ1n) is 7.24. The fraction of sp³-hybridized carbons (Fsp3) is 0.188. The third-order valence-electron chi connectivity index (χ3n) is 3.79. The second kappa shape index (κ2) is 6.25. The van der Waals surface area contributed by atoms with Gasteiger partial charge in [-0.15, -0.1) is 11.3 Å². The zero-order chi connectivity index (χ0) is 18.2. The van der Waals surface area contributed by atoms with E-state index < -0.39 is 41.6 Å². The van der Waals surface area contributed by atoms with Crippen molar-refractivity contribution < 1.29 is 23.2 Å². The third kappa shape index (κ3) is 3.10. The maximum atomic E-state index is 13.2. The SMILES string of the molecule is CC1(c2cccs2)NC(=O)N(CC(=O)Nc2ccc(F)c(F)c2)C1=O. The van der Waals surface area contributed by atoms with Gasteiger partial charge in [-0.3, -0.25) is 14.5 Å². The first-order chi connectivity index (χ1) is 11.8. The van der Waals surface area contributed by atoms with Crippen LogP contribution in [0, 0.1) is 11.6 Å². The lowest BCUT2D eigenvalue weighted by atomic mass is 10.0. The molecule has 1 unspecified atom stereocenters. The lowest BCUT2D eigenvalue weighted by molar-refractivity contribution is -0.133. The van der Waals surface area contributed by atoms with Crippen molar-refractivity contribution in [3.05, 3.63) is 52.2 Å². The van der Waals surface area contributed by atoms with E-state index in [9.17, 15) is 23.2 Å². The summed E-state index contributed by atoms with van der Waals surface area (Å²) in [6.45, 7) is 1.02. The second-order valence-corrected chi connectivity index (χ2v) is 6.55. The molecule has 6 nitrogen and oxygen atoms in total. The Morgan fingerprint density at radius 3 is 2.68 bits per heavy atom. The average molecular weight is 365 g/mol. The molecule has 0 spiro atoms. The number of thiophene rings is 1. The molecule has 1 fully saturated rings. The molecule has 2 N–H and O–H groups in total. The normalized spacial score (nSPS) is 19.9. The summed E-state index contributed by atoms with van der Waals surface area (Å²) >= 11 is 1.31. The van der Waals surface area contributed by atoms with Crippen LogP contribution in [0.1, 0.15) is 11.8 Å². The molecular weight excluding hydrogens is 352 g/mol. The molecule has 1 aromatic carbocycles. The van der Waals surface area contributed by atoms with Gasteiger partial charge in [-0.05, 0) is 30.5 Å². The number of urea groups is 1. The van der Waals surface area contributed by atoms with Gasteiger partial charge in [-0.2, -0.15) is 0 Å². The number of amides is 4. The van der Waals surface area contributed by atoms with E-state index in [1.165, 1.54) is 17.4 Å². The highest BCUT2D eigenvalue weighted by Gasteiger charge is 2.50. The van der Waals surface area contributed by atoms with Gasteiger partial charge in [0.1, 0.15) is 6.54 Å². The van der Waals surface area contributed by atoms with Crippen LogP contribution in [0.15, 0.2) is 35.7 Å². The molecule has 1 atom stereocenters. The van der Waals surface area contributed by atoms with Crippen LogP contribution in [0.3, 0.4) is 0 Å². The predicted octanol–water partition coefficient (Wildman–Crippen LogP) is 2.43. The number of nitrogens with zero attached hydrogens (tertiary/aromatic N) is 1. The molecule has 2 heterocycles. The first kappa shape index (κ1) is 17.0. The molecule has 9 heteroatoms. The molecular formula is C16H13F2N3O3S. The fourth-order valence-electron chi connectivity index (χ4n) is 2.49. The smallest absolute Gasteiger partial charge is 0.324 e. The number of imide groups is 1. The quantitative estimate of drug-likeness (QED) is 0.817. The lowest BCUT2D eigenvalue weighted by Gasteiger charge is -2.19. The van der Waals surface area contributed by atoms with Crippen LogP contribution in [0.25, 0.3) is 0 Å². The summed E-state index contributed by atoms with van der Waals surface area (Å²) < 4.78 is 26.1. The number of nitrogens with one attached hydrogen (secondary N) is 2. The first-order valence-corrected chi connectivity index (χ1v) is 8.12. The average Bonchev–Trinajstić information content (AvgIpc) is 3.16. The predicted molar refractivity (Wildman–Crippen MR) is 86.9 cm³/mol. The van der Waals surface area contributed by atoms with Gasteiger partial charge in [0.05, 0.1) is 0 Å². The number of carbonyl (C=O) groups is 3. The standard InChI is InChI=1S/C16H13F2N3O3S/c1-16(12-3-2-6-25-12)14(23)21(15(24)20-16)8-13(22)19-9-4-5-10(17)11(18)7-9/h2-7H,8H2,1H3,(H,19,22)(H,20,24). The van der Waals surface area contributed by atoms with Crippen molar-refractivity contribution in [3.63, 3.8) is 0 Å². The Hall–Kier alpha value is -2.81. The van der Waals surface area contributed by atoms with Crippen molar-refractivity contribution in [3.8, 4) is 0 Å². The Bertz CT molecular complexity index is 856. The minimum absolute atomic E-state index is 0.0250. The van der Waals surface area contributed by atoms with Gasteiger partial charge in [-0.25, -0.2) is 13.6 Å². The maximum absolute atomic E-state index is 13.2. The molecule has 130 valence electrons. The van der Waals surface area contributed by atoms with Gasteiger partial charge in [-0.1, -0.05) is 6.07 Å². The second-order valence-electron chi connectivity index (χ2n) is 5.60. The highest BCUT2D eigenvalue weighted by molar-refractivity contribution is 7.10. The molecule has 0 aliphatic carbocycles. The van der Waals surface area contributed by atoms with E-state index >= 15 is 0 Å². The summed E-state index contributed by atoms with van der Waals surface area (Å²) in [7, 11) is 0. The largest absolute Gasteiger partial charge is 0.325 e. The van der Waals surface area contributed by atoms with Gasteiger partial charge in [0.2, 0.25) is 5.91 Å². The molecule has 0 bridgehead atoms. The Kier molecular flexibility index (Phi) is 4.25. The Balaban J connectivity index is 1.72. The molecule has 4 amide bonds. The van der Waals surface area contributed by atoms with Gasteiger partial charge in [0, 0.05) is 16.6 Å². The van der Waals surface area contributed by atoms with Crippen molar-refractivity contribution >= 4 is 34.9 Å². The zero-order valence-electron chi connectivity index (χ0n) is 13.0. The van der Waals surface area contributed by atoms with E-state index in [1.807, 2.05) is 0 Å². The highest BCUT2D eigenvalue weighted by Crippen LogP contribution is 2.31. The molecule has 25 heavy (non-hydrogen) atoms. The van der Waals surface area contributed by atoms with Crippen LogP contribution < -0.4 is 10.6 Å². The Morgan fingerprint density at radius 1 is 1.28 bits per heavy atom. The molecule has 2 aromatic rings. The maximum Gasteiger partial charge on any atom is 0.325 e. The Morgan fingerprint density at radius 2 is 2.04 bits per heavy atom. The molecule has 1 aromatic heterocycles. The molecule has 0 radical (unpaired) electrons. The monoisotopic (exact) mass is 365 g/mol. The summed E-state index contributed by atoms with van der Waals surface area (Å²) in [5, 5.41) is 6.68. The van der Waals surface area contributed by atoms with Crippen molar-refractivity contribution in [2.24, 2.45) is 0 Å². The van der Waals surface area contributed by atoms with Crippen LogP contribution in [0.4, 0.5) is 19.3 Å². The van der Waals surface area contributed by atoms with Crippen LogP contribution in [-0.2, 0) is 15.1 Å². The molecule has 1 aliphatic heterocycles. The number of benzene rings is 1. The molecule has 0 saturated carbocycles. The van der Waals surface area contributed by atoms with E-state index in [0.29, 0.717) is 4.88 Å². The number of carbonyl (C=O) groups excluding carboxylic acids is 3. The number of anilines is 1. The minimum Gasteiger partial charge on any atom is -0.324 e. The summed E-state index contributed by atoms with van der Waals surface area (Å²) in [6, 6.07) is 5.64. The number of rotatable bonds is 4. The number of halogens is 2. The lowest BCUT2D eigenvalue weighted by Crippen LogP contribution is -2.41. The van der Waals surface area contributed by atoms with Crippen molar-refractivity contribution in [1.82, 2.24) is 10.2 Å². The molecule has 1 aliphatic rings. The molecule has 3 rings (SSSR count). The summed E-state index contributed by atoms with van der Waals surface area (Å²) in [6.07, 6.45) is 0. The number of hydrogen-bond acceptors (Lipinski definition) is 4. The van der Waals surface area contributed by atoms with Crippen molar-refractivity contribution in [1.29, 1.82) is 0 Å². The van der Waals surface area contributed by atoms with E-state index in [-0.39, 0.29) is 5.69 Å². The van der Waals surface area contributed by atoms with E-state index in [1.54, 1.807) is 24.4 Å². The fourth-order valence-corrected chi connectivity index (χ4v) is 3.32. The van der Waals surface area contributed by atoms with Crippen LogP contribution in [0.5, 0.6) is 0 Å². The van der Waals surface area contributed by atoms with Crippen LogP contribution in [0.2, 0.25) is 0 Å². The third-order valence-corrected chi connectivity index (χ3v) is 4.89. The van der Waals surface area contributed by atoms with E-state index in [2.05, 4.69) is 10.6 Å². The van der Waals surface area contributed by atoms with Gasteiger partial charge >= 0.3 is 6.03 Å².